The Morgan fingerprint density at radius 2 is 1.93 bits per heavy atom. The van der Waals surface area contributed by atoms with Crippen LogP contribution in [0.2, 0.25) is 0 Å². The summed E-state index contributed by atoms with van der Waals surface area (Å²) in [4.78, 5) is 48.0. The molecule has 9 heteroatoms. The summed E-state index contributed by atoms with van der Waals surface area (Å²) in [5.41, 5.74) is 1.32. The largest absolute Gasteiger partial charge is 0.478 e. The summed E-state index contributed by atoms with van der Waals surface area (Å²) in [5.74, 6) is -1.58. The van der Waals surface area contributed by atoms with E-state index >= 15 is 0 Å². The molecule has 0 aromatic heterocycles. The van der Waals surface area contributed by atoms with E-state index in [0.29, 0.717) is 29.2 Å². The highest BCUT2D eigenvalue weighted by molar-refractivity contribution is 6.00. The van der Waals surface area contributed by atoms with Crippen molar-refractivity contribution in [1.29, 1.82) is 0 Å². The lowest BCUT2D eigenvalue weighted by molar-refractivity contribution is -0.150. The van der Waals surface area contributed by atoms with Gasteiger partial charge in [-0.3, -0.25) is 19.2 Å². The molecule has 3 amide bonds. The van der Waals surface area contributed by atoms with Crippen LogP contribution < -0.4 is 20.7 Å². The molecule has 2 aromatic carbocycles. The van der Waals surface area contributed by atoms with Gasteiger partial charge in [0.25, 0.3) is 17.7 Å². The minimum atomic E-state index is -1.04. The van der Waals surface area contributed by atoms with Gasteiger partial charge in [-0.15, -0.1) is 0 Å². The van der Waals surface area contributed by atoms with Crippen LogP contribution in [0.4, 0.5) is 11.4 Å². The SMILES string of the molecule is CCNC(=O)c1cccc(NC(=O)COC(=O)C[C@@H]2Oc3ccccc3NC2=O)c1. The highest BCUT2D eigenvalue weighted by Crippen LogP contribution is 2.29. The third kappa shape index (κ3) is 5.34. The van der Waals surface area contributed by atoms with Crippen molar-refractivity contribution >= 4 is 35.1 Å². The van der Waals surface area contributed by atoms with Gasteiger partial charge < -0.3 is 25.4 Å². The van der Waals surface area contributed by atoms with Crippen molar-refractivity contribution in [1.82, 2.24) is 5.32 Å². The second kappa shape index (κ2) is 9.55. The second-order valence-corrected chi connectivity index (χ2v) is 6.45. The van der Waals surface area contributed by atoms with Crippen LogP contribution in [0.25, 0.3) is 0 Å². The van der Waals surface area contributed by atoms with Crippen molar-refractivity contribution in [3.8, 4) is 5.75 Å². The molecule has 0 saturated heterocycles. The summed E-state index contributed by atoms with van der Waals surface area (Å²) >= 11 is 0. The van der Waals surface area contributed by atoms with Gasteiger partial charge in [-0.2, -0.15) is 0 Å². The molecular formula is C21H21N3O6. The van der Waals surface area contributed by atoms with E-state index in [9.17, 15) is 19.2 Å². The smallest absolute Gasteiger partial charge is 0.310 e. The summed E-state index contributed by atoms with van der Waals surface area (Å²) < 4.78 is 10.5. The van der Waals surface area contributed by atoms with Crippen LogP contribution in [-0.2, 0) is 19.1 Å². The summed E-state index contributed by atoms with van der Waals surface area (Å²) in [6.07, 6.45) is -1.37. The molecule has 0 radical (unpaired) electrons. The first-order chi connectivity index (χ1) is 14.5. The molecular weight excluding hydrogens is 390 g/mol. The van der Waals surface area contributed by atoms with Crippen molar-refractivity contribution in [3.05, 3.63) is 54.1 Å². The van der Waals surface area contributed by atoms with Gasteiger partial charge in [-0.1, -0.05) is 18.2 Å². The van der Waals surface area contributed by atoms with Crippen LogP contribution >= 0.6 is 0 Å². The Hall–Kier alpha value is -3.88. The molecule has 0 saturated carbocycles. The lowest BCUT2D eigenvalue weighted by Crippen LogP contribution is -2.39. The number of hydrogen-bond donors (Lipinski definition) is 3. The van der Waals surface area contributed by atoms with Crippen molar-refractivity contribution in [2.24, 2.45) is 0 Å². The average Bonchev–Trinajstić information content (AvgIpc) is 2.73. The van der Waals surface area contributed by atoms with E-state index in [1.807, 2.05) is 0 Å². The van der Waals surface area contributed by atoms with E-state index in [1.54, 1.807) is 49.4 Å². The number of ether oxygens (including phenoxy) is 2. The van der Waals surface area contributed by atoms with Gasteiger partial charge in [0.05, 0.1) is 12.1 Å². The van der Waals surface area contributed by atoms with E-state index < -0.39 is 30.5 Å². The van der Waals surface area contributed by atoms with Gasteiger partial charge in [0.15, 0.2) is 12.7 Å². The Labute approximate surface area is 172 Å². The molecule has 1 aliphatic heterocycles. The van der Waals surface area contributed by atoms with E-state index in [0.717, 1.165) is 0 Å². The number of hydrogen-bond acceptors (Lipinski definition) is 6. The maximum atomic E-state index is 12.0. The molecule has 1 atom stereocenters. The molecule has 0 fully saturated rings. The number of nitrogens with one attached hydrogen (secondary N) is 3. The van der Waals surface area contributed by atoms with Gasteiger partial charge in [-0.05, 0) is 37.3 Å². The number of carbonyl (C=O) groups excluding carboxylic acids is 4. The molecule has 1 aliphatic rings. The maximum Gasteiger partial charge on any atom is 0.310 e. The van der Waals surface area contributed by atoms with Crippen LogP contribution in [0, 0.1) is 0 Å². The topological polar surface area (TPSA) is 123 Å². The van der Waals surface area contributed by atoms with Crippen molar-refractivity contribution in [3.63, 3.8) is 0 Å². The molecule has 0 unspecified atom stereocenters. The zero-order valence-corrected chi connectivity index (χ0v) is 16.3. The quantitative estimate of drug-likeness (QED) is 0.596. The third-order valence-electron chi connectivity index (χ3n) is 4.17. The minimum Gasteiger partial charge on any atom is -0.478 e. The Bertz CT molecular complexity index is 975. The predicted octanol–water partition coefficient (Wildman–Crippen LogP) is 1.71. The first kappa shape index (κ1) is 20.8. The molecule has 1 heterocycles. The van der Waals surface area contributed by atoms with E-state index in [-0.39, 0.29) is 12.3 Å². The molecule has 0 spiro atoms. The molecule has 30 heavy (non-hydrogen) atoms. The molecule has 2 aromatic rings. The first-order valence-electron chi connectivity index (χ1n) is 9.36. The van der Waals surface area contributed by atoms with Crippen LogP contribution in [-0.4, -0.2) is 42.9 Å². The highest BCUT2D eigenvalue weighted by Gasteiger charge is 2.30. The summed E-state index contributed by atoms with van der Waals surface area (Å²) in [5, 5.41) is 7.87. The fraction of sp³-hybridized carbons (Fsp3) is 0.238. The molecule has 3 N–H and O–H groups in total. The number of esters is 1. The minimum absolute atomic E-state index is 0.257. The zero-order chi connectivity index (χ0) is 21.5. The number of rotatable bonds is 7. The van der Waals surface area contributed by atoms with Gasteiger partial charge >= 0.3 is 5.97 Å². The van der Waals surface area contributed by atoms with Gasteiger partial charge in [-0.25, -0.2) is 0 Å². The Morgan fingerprint density at radius 1 is 1.13 bits per heavy atom. The van der Waals surface area contributed by atoms with Crippen LogP contribution in [0.15, 0.2) is 48.5 Å². The fourth-order valence-electron chi connectivity index (χ4n) is 2.78. The Balaban J connectivity index is 1.48. The standard InChI is InChI=1S/C21H21N3O6/c1-2-22-20(27)13-6-5-7-14(10-13)23-18(25)12-29-19(26)11-17-21(28)24-15-8-3-4-9-16(15)30-17/h3-10,17H,2,11-12H2,1H3,(H,22,27)(H,23,25)(H,24,28)/t17-/m0/s1. The molecule has 3 rings (SSSR count). The predicted molar refractivity (Wildman–Crippen MR) is 108 cm³/mol. The van der Waals surface area contributed by atoms with E-state index in [2.05, 4.69) is 16.0 Å². The van der Waals surface area contributed by atoms with Crippen molar-refractivity contribution < 1.29 is 28.7 Å². The van der Waals surface area contributed by atoms with Gasteiger partial charge in [0.1, 0.15) is 5.75 Å². The van der Waals surface area contributed by atoms with Gasteiger partial charge in [0, 0.05) is 17.8 Å². The first-order valence-corrected chi connectivity index (χ1v) is 9.36. The molecule has 9 nitrogen and oxygen atoms in total. The van der Waals surface area contributed by atoms with Crippen LogP contribution in [0.5, 0.6) is 5.75 Å². The summed E-state index contributed by atoms with van der Waals surface area (Å²) in [6, 6.07) is 13.2. The highest BCUT2D eigenvalue weighted by atomic mass is 16.5. The Kier molecular flexibility index (Phi) is 6.63. The lowest BCUT2D eigenvalue weighted by Gasteiger charge is -2.25. The van der Waals surface area contributed by atoms with Crippen molar-refractivity contribution in [2.75, 3.05) is 23.8 Å². The molecule has 0 aliphatic carbocycles. The monoisotopic (exact) mass is 411 g/mol. The van der Waals surface area contributed by atoms with E-state index in [1.165, 1.54) is 6.07 Å². The normalized spacial score (nSPS) is 14.6. The number of benzene rings is 2. The maximum absolute atomic E-state index is 12.0. The number of carbonyl (C=O) groups is 4. The fourth-order valence-corrected chi connectivity index (χ4v) is 2.78. The molecule has 156 valence electrons. The number of fused-ring (bicyclic) bond motifs is 1. The van der Waals surface area contributed by atoms with Gasteiger partial charge in [0.2, 0.25) is 0 Å². The lowest BCUT2D eigenvalue weighted by atomic mass is 10.1. The van der Waals surface area contributed by atoms with Crippen molar-refractivity contribution in [2.45, 2.75) is 19.4 Å². The summed E-state index contributed by atoms with van der Waals surface area (Å²) in [7, 11) is 0. The zero-order valence-electron chi connectivity index (χ0n) is 16.3. The average molecular weight is 411 g/mol. The van der Waals surface area contributed by atoms with Crippen LogP contribution in [0.3, 0.4) is 0 Å². The summed E-state index contributed by atoms with van der Waals surface area (Å²) in [6.45, 7) is 1.76. The van der Waals surface area contributed by atoms with E-state index in [4.69, 9.17) is 9.47 Å². The molecule has 0 bridgehead atoms. The third-order valence-corrected chi connectivity index (χ3v) is 4.17. The number of anilines is 2. The number of para-hydroxylation sites is 2. The second-order valence-electron chi connectivity index (χ2n) is 6.45. The van der Waals surface area contributed by atoms with Crippen LogP contribution in [0.1, 0.15) is 23.7 Å². The number of amides is 3. The Morgan fingerprint density at radius 3 is 2.73 bits per heavy atom.